The normalized spacial score (nSPS) is 18.6. The van der Waals surface area contributed by atoms with Crippen molar-refractivity contribution in [2.75, 3.05) is 45.4 Å². The molecule has 1 saturated heterocycles. The Balaban J connectivity index is 1.45. The number of anilines is 1. The Morgan fingerprint density at radius 2 is 1.83 bits per heavy atom. The summed E-state index contributed by atoms with van der Waals surface area (Å²) in [6.07, 6.45) is 5.80. The van der Waals surface area contributed by atoms with E-state index >= 15 is 0 Å². The van der Waals surface area contributed by atoms with E-state index in [9.17, 15) is 18.0 Å². The number of methoxy groups -OCH3 is 1. The lowest BCUT2D eigenvalue weighted by atomic mass is 9.95. The maximum Gasteiger partial charge on any atom is 0.341 e. The van der Waals surface area contributed by atoms with E-state index in [1.807, 2.05) is 26.0 Å². The first-order chi connectivity index (χ1) is 19.6. The Kier molecular flexibility index (Phi) is 7.17. The van der Waals surface area contributed by atoms with Crippen LogP contribution in [-0.4, -0.2) is 69.6 Å². The van der Waals surface area contributed by atoms with E-state index in [1.54, 1.807) is 41.5 Å². The van der Waals surface area contributed by atoms with E-state index in [1.165, 1.54) is 16.3 Å². The molecule has 2 aromatic heterocycles. The minimum atomic E-state index is -3.73. The quantitative estimate of drug-likeness (QED) is 0.321. The van der Waals surface area contributed by atoms with Crippen LogP contribution in [0.2, 0.25) is 0 Å². The number of fused-ring (bicyclic) bond motifs is 2. The maximum absolute atomic E-state index is 13.4. The summed E-state index contributed by atoms with van der Waals surface area (Å²) in [5.41, 5.74) is 6.05. The van der Waals surface area contributed by atoms with E-state index in [0.717, 1.165) is 53.2 Å². The number of benzene rings is 1. The van der Waals surface area contributed by atoms with Crippen LogP contribution in [0.3, 0.4) is 0 Å². The van der Waals surface area contributed by atoms with Crippen LogP contribution in [0, 0.1) is 13.8 Å². The fourth-order valence-electron chi connectivity index (χ4n) is 6.09. The molecular weight excluding hydrogens is 562 g/mol. The Morgan fingerprint density at radius 3 is 2.56 bits per heavy atom. The number of thiophene rings is 1. The van der Waals surface area contributed by atoms with E-state index in [2.05, 4.69) is 4.57 Å². The van der Waals surface area contributed by atoms with E-state index in [4.69, 9.17) is 9.47 Å². The molecule has 3 aliphatic rings. The maximum atomic E-state index is 13.4. The molecule has 0 radical (unpaired) electrons. The molecule has 1 aliphatic carbocycles. The SMILES string of the molecule is COC(=O)c1c(-n2c(C)cc(/C=C3\C(=O)N(C)c4ccc(S(=O)(=O)N5CCOCC5)cc43)c2C)sc2c1CCCC2. The van der Waals surface area contributed by atoms with E-state index in [0.29, 0.717) is 48.7 Å². The lowest BCUT2D eigenvalue weighted by molar-refractivity contribution is -0.112. The van der Waals surface area contributed by atoms with Crippen molar-refractivity contribution in [2.45, 2.75) is 44.4 Å². The van der Waals surface area contributed by atoms with Gasteiger partial charge in [0.1, 0.15) is 5.00 Å². The van der Waals surface area contributed by atoms with Crippen molar-refractivity contribution >= 4 is 50.6 Å². The van der Waals surface area contributed by atoms with Crippen molar-refractivity contribution in [3.63, 3.8) is 0 Å². The standard InChI is InChI=1S/C30H33N3O6S2/c1-18-15-20(19(2)33(18)29-27(30(35)38-4)22-7-5-6-8-26(22)40-29)16-24-23-17-21(9-10-25(23)31(3)28(24)34)41(36,37)32-11-13-39-14-12-32/h9-10,15-17H,5-8,11-14H2,1-4H3/b24-16-. The van der Waals surface area contributed by atoms with Crippen LogP contribution in [0.25, 0.3) is 16.7 Å². The monoisotopic (exact) mass is 595 g/mol. The molecule has 41 heavy (non-hydrogen) atoms. The van der Waals surface area contributed by atoms with Crippen LogP contribution >= 0.6 is 11.3 Å². The molecule has 0 atom stereocenters. The Bertz CT molecular complexity index is 1710. The number of sulfonamides is 1. The molecule has 0 N–H and O–H groups in total. The number of carbonyl (C=O) groups excluding carboxylic acids is 2. The lowest BCUT2D eigenvalue weighted by Gasteiger charge is -2.26. The topological polar surface area (TPSA) is 98.2 Å². The fraction of sp³-hybridized carbons (Fsp3) is 0.400. The van der Waals surface area contributed by atoms with Gasteiger partial charge < -0.3 is 18.9 Å². The number of morpholine rings is 1. The van der Waals surface area contributed by atoms with Crippen LogP contribution in [0.5, 0.6) is 0 Å². The van der Waals surface area contributed by atoms with Crippen LogP contribution in [-0.2, 0) is 37.1 Å². The molecule has 0 spiro atoms. The molecule has 0 unspecified atom stereocenters. The first-order valence-corrected chi connectivity index (χ1v) is 16.0. The van der Waals surface area contributed by atoms with Crippen molar-refractivity contribution in [3.8, 4) is 5.00 Å². The number of aryl methyl sites for hydroxylation is 2. The summed E-state index contributed by atoms with van der Waals surface area (Å²) in [5, 5.41) is 0.845. The molecule has 1 amide bonds. The van der Waals surface area contributed by atoms with Gasteiger partial charge in [0.15, 0.2) is 0 Å². The highest BCUT2D eigenvalue weighted by Crippen LogP contribution is 2.42. The molecular formula is C30H33N3O6S2. The molecule has 11 heteroatoms. The number of aromatic nitrogens is 1. The summed E-state index contributed by atoms with van der Waals surface area (Å²) in [5.74, 6) is -0.533. The van der Waals surface area contributed by atoms with Gasteiger partial charge in [0.25, 0.3) is 5.91 Å². The van der Waals surface area contributed by atoms with E-state index in [-0.39, 0.29) is 16.8 Å². The van der Waals surface area contributed by atoms with Crippen LogP contribution in [0.15, 0.2) is 29.2 Å². The van der Waals surface area contributed by atoms with E-state index < -0.39 is 10.0 Å². The zero-order valence-corrected chi connectivity index (χ0v) is 25.3. The van der Waals surface area contributed by atoms with Crippen molar-refractivity contribution in [2.24, 2.45) is 0 Å². The molecule has 4 heterocycles. The Labute approximate surface area is 244 Å². The molecule has 9 nitrogen and oxygen atoms in total. The summed E-state index contributed by atoms with van der Waals surface area (Å²) in [4.78, 5) is 29.3. The van der Waals surface area contributed by atoms with Gasteiger partial charge in [-0.1, -0.05) is 0 Å². The van der Waals surface area contributed by atoms with Gasteiger partial charge in [-0.15, -0.1) is 11.3 Å². The van der Waals surface area contributed by atoms with Crippen LogP contribution in [0.1, 0.15) is 56.2 Å². The predicted octanol–water partition coefficient (Wildman–Crippen LogP) is 4.36. The molecule has 0 saturated carbocycles. The van der Waals surface area contributed by atoms with Gasteiger partial charge in [-0.2, -0.15) is 4.31 Å². The highest BCUT2D eigenvalue weighted by molar-refractivity contribution is 7.89. The minimum Gasteiger partial charge on any atom is -0.465 e. The van der Waals surface area contributed by atoms with Gasteiger partial charge >= 0.3 is 5.97 Å². The average molecular weight is 596 g/mol. The molecule has 0 bridgehead atoms. The third-order valence-corrected chi connectivity index (χ3v) is 11.4. The highest BCUT2D eigenvalue weighted by atomic mass is 32.2. The average Bonchev–Trinajstić information content (AvgIpc) is 3.57. The van der Waals surface area contributed by atoms with Gasteiger partial charge in [0.2, 0.25) is 10.0 Å². The molecule has 216 valence electrons. The molecule has 1 fully saturated rings. The molecule has 6 rings (SSSR count). The first kappa shape index (κ1) is 27.9. The minimum absolute atomic E-state index is 0.157. The van der Waals surface area contributed by atoms with Crippen LogP contribution in [0.4, 0.5) is 5.69 Å². The zero-order valence-electron chi connectivity index (χ0n) is 23.7. The number of hydrogen-bond acceptors (Lipinski definition) is 7. The van der Waals surface area contributed by atoms with Crippen molar-refractivity contribution in [1.82, 2.24) is 8.87 Å². The number of esters is 1. The summed E-state index contributed by atoms with van der Waals surface area (Å²) in [7, 11) is -0.620. The largest absolute Gasteiger partial charge is 0.465 e. The summed E-state index contributed by atoms with van der Waals surface area (Å²) < 4.78 is 40.8. The number of rotatable bonds is 5. The van der Waals surface area contributed by atoms with Gasteiger partial charge in [-0.3, -0.25) is 4.79 Å². The Morgan fingerprint density at radius 1 is 1.10 bits per heavy atom. The van der Waals surface area contributed by atoms with Gasteiger partial charge in [0, 0.05) is 47.5 Å². The number of hydrogen-bond donors (Lipinski definition) is 0. The predicted molar refractivity (Wildman–Crippen MR) is 158 cm³/mol. The third-order valence-electron chi connectivity index (χ3n) is 8.28. The van der Waals surface area contributed by atoms with Crippen molar-refractivity contribution in [3.05, 3.63) is 62.8 Å². The highest BCUT2D eigenvalue weighted by Gasteiger charge is 2.34. The second-order valence-corrected chi connectivity index (χ2v) is 13.7. The summed E-state index contributed by atoms with van der Waals surface area (Å²) in [6, 6.07) is 6.87. The second kappa shape index (κ2) is 10.5. The van der Waals surface area contributed by atoms with Gasteiger partial charge in [-0.05, 0) is 81.0 Å². The zero-order chi connectivity index (χ0) is 29.1. The summed E-state index contributed by atoms with van der Waals surface area (Å²) in [6.45, 7) is 5.27. The fourth-order valence-corrected chi connectivity index (χ4v) is 9.01. The van der Waals surface area contributed by atoms with Crippen molar-refractivity contribution in [1.29, 1.82) is 0 Å². The third kappa shape index (κ3) is 4.55. The second-order valence-electron chi connectivity index (χ2n) is 10.7. The lowest BCUT2D eigenvalue weighted by Crippen LogP contribution is -2.40. The van der Waals surface area contributed by atoms with Gasteiger partial charge in [-0.25, -0.2) is 13.2 Å². The van der Waals surface area contributed by atoms with Crippen LogP contribution < -0.4 is 4.90 Å². The number of amides is 1. The Hall–Kier alpha value is -3.25. The number of ether oxygens (including phenoxy) is 2. The smallest absolute Gasteiger partial charge is 0.341 e. The first-order valence-electron chi connectivity index (χ1n) is 13.8. The number of nitrogens with zero attached hydrogens (tertiary/aromatic N) is 3. The number of carbonyl (C=O) groups is 2. The van der Waals surface area contributed by atoms with Gasteiger partial charge in [0.05, 0.1) is 36.5 Å². The molecule has 3 aromatic rings. The molecule has 2 aliphatic heterocycles. The molecule has 1 aromatic carbocycles. The van der Waals surface area contributed by atoms with Crippen molar-refractivity contribution < 1.29 is 27.5 Å². The number of likely N-dealkylation sites (N-methyl/N-ethyl adjacent to an activating group) is 1. The summed E-state index contributed by atoms with van der Waals surface area (Å²) >= 11 is 1.64.